The second-order valence-corrected chi connectivity index (χ2v) is 9.15. The number of rotatable bonds is 3. The number of nitrogens with two attached hydrogens (primary N) is 1. The summed E-state index contributed by atoms with van der Waals surface area (Å²) in [5, 5.41) is 4.46. The molecule has 86 valence electrons. The van der Waals surface area contributed by atoms with Gasteiger partial charge in [0.25, 0.3) is 0 Å². The zero-order valence-electron chi connectivity index (χ0n) is 9.66. The van der Waals surface area contributed by atoms with Crippen LogP contribution >= 0.6 is 11.3 Å². The first kappa shape index (κ1) is 11.8. The molecule has 0 spiro atoms. The van der Waals surface area contributed by atoms with Crippen molar-refractivity contribution in [3.8, 4) is 0 Å². The van der Waals surface area contributed by atoms with Crippen molar-refractivity contribution in [3.63, 3.8) is 0 Å². The fourth-order valence-corrected chi connectivity index (χ4v) is 5.06. The highest BCUT2D eigenvalue weighted by atomic mass is 32.1. The van der Waals surface area contributed by atoms with Crippen LogP contribution in [0.3, 0.4) is 0 Å². The second-order valence-electron chi connectivity index (χ2n) is 4.58. The van der Waals surface area contributed by atoms with Gasteiger partial charge in [-0.15, -0.1) is 11.3 Å². The Morgan fingerprint density at radius 3 is 2.75 bits per heavy atom. The third kappa shape index (κ3) is 2.20. The zero-order valence-corrected chi connectivity index (χ0v) is 11.5. The Bertz CT molecular complexity index is 501. The van der Waals surface area contributed by atoms with Crippen LogP contribution in [0.2, 0.25) is 13.1 Å². The van der Waals surface area contributed by atoms with Crippen molar-refractivity contribution < 1.29 is 4.80 Å². The molecule has 0 aliphatic heterocycles. The van der Waals surface area contributed by atoms with Crippen molar-refractivity contribution in [2.24, 2.45) is 5.73 Å². The molecule has 0 atom stereocenters. The Balaban J connectivity index is 2.51. The number of hydrogen-bond donors (Lipinski definition) is 2. The lowest BCUT2D eigenvalue weighted by molar-refractivity contribution is 0.569. The van der Waals surface area contributed by atoms with Gasteiger partial charge < -0.3 is 10.5 Å². The van der Waals surface area contributed by atoms with Crippen LogP contribution in [0.5, 0.6) is 0 Å². The third-order valence-electron chi connectivity index (χ3n) is 2.73. The van der Waals surface area contributed by atoms with Crippen molar-refractivity contribution in [2.75, 3.05) is 6.54 Å². The van der Waals surface area contributed by atoms with Crippen molar-refractivity contribution in [1.29, 1.82) is 0 Å². The minimum Gasteiger partial charge on any atom is -0.428 e. The Labute approximate surface area is 101 Å². The molecule has 0 aliphatic carbocycles. The van der Waals surface area contributed by atoms with Crippen LogP contribution < -0.4 is 10.9 Å². The van der Waals surface area contributed by atoms with E-state index in [1.807, 2.05) is 13.1 Å². The number of fused-ring (bicyclic) bond motifs is 1. The van der Waals surface area contributed by atoms with Crippen molar-refractivity contribution >= 4 is 34.9 Å². The highest BCUT2D eigenvalue weighted by molar-refractivity contribution is 7.19. The molecule has 2 aromatic rings. The van der Waals surface area contributed by atoms with Gasteiger partial charge in [0.2, 0.25) is 8.32 Å². The highest BCUT2D eigenvalue weighted by Crippen LogP contribution is 2.23. The molecule has 2 nitrogen and oxygen atoms in total. The molecule has 0 saturated heterocycles. The molecule has 0 amide bonds. The predicted octanol–water partition coefficient (Wildman–Crippen LogP) is 1.81. The summed E-state index contributed by atoms with van der Waals surface area (Å²) in [7, 11) is -2.20. The molecule has 0 fully saturated rings. The monoisotopic (exact) mass is 251 g/mol. The Morgan fingerprint density at radius 2 is 2.12 bits per heavy atom. The van der Waals surface area contributed by atoms with E-state index in [9.17, 15) is 4.80 Å². The molecule has 1 heterocycles. The van der Waals surface area contributed by atoms with Crippen LogP contribution in [0.4, 0.5) is 0 Å². The van der Waals surface area contributed by atoms with Crippen molar-refractivity contribution in [3.05, 3.63) is 29.1 Å². The average Bonchev–Trinajstić information content (AvgIpc) is 2.60. The van der Waals surface area contributed by atoms with E-state index in [2.05, 4.69) is 23.6 Å². The van der Waals surface area contributed by atoms with Gasteiger partial charge in [-0.05, 0) is 53.6 Å². The van der Waals surface area contributed by atoms with E-state index in [0.717, 1.165) is 11.6 Å². The fraction of sp³-hybridized carbons (Fsp3) is 0.333. The summed E-state index contributed by atoms with van der Waals surface area (Å²) in [5.41, 5.74) is 6.83. The first-order valence-corrected chi connectivity index (χ1v) is 9.28. The van der Waals surface area contributed by atoms with Crippen molar-refractivity contribution in [2.45, 2.75) is 19.5 Å². The Kier molecular flexibility index (Phi) is 3.16. The topological polar surface area (TPSA) is 46.2 Å². The molecule has 4 heteroatoms. The summed E-state index contributed by atoms with van der Waals surface area (Å²) in [6.07, 6.45) is 0.920. The lowest BCUT2D eigenvalue weighted by Crippen LogP contribution is -2.40. The van der Waals surface area contributed by atoms with E-state index in [1.54, 1.807) is 11.3 Å². The molecule has 0 saturated carbocycles. The first-order chi connectivity index (χ1) is 7.52. The Hall–Kier alpha value is -0.683. The molecule has 1 aromatic carbocycles. The van der Waals surface area contributed by atoms with Crippen LogP contribution in [0, 0.1) is 0 Å². The molecule has 0 unspecified atom stereocenters. The molecule has 3 N–H and O–H groups in total. The van der Waals surface area contributed by atoms with Crippen LogP contribution in [0.25, 0.3) is 10.1 Å². The Morgan fingerprint density at radius 1 is 1.38 bits per heavy atom. The summed E-state index contributed by atoms with van der Waals surface area (Å²) < 4.78 is 1.26. The second kappa shape index (κ2) is 4.29. The molecule has 0 aliphatic rings. The van der Waals surface area contributed by atoms with Gasteiger partial charge in [-0.3, -0.25) is 0 Å². The van der Waals surface area contributed by atoms with Gasteiger partial charge in [0, 0.05) is 4.70 Å². The van der Waals surface area contributed by atoms with E-state index >= 15 is 0 Å². The van der Waals surface area contributed by atoms with Crippen LogP contribution in [0.1, 0.15) is 5.56 Å². The smallest absolute Gasteiger partial charge is 0.215 e. The highest BCUT2D eigenvalue weighted by Gasteiger charge is 2.23. The predicted molar refractivity (Wildman–Crippen MR) is 73.9 cm³/mol. The molecule has 2 rings (SSSR count). The van der Waals surface area contributed by atoms with E-state index in [4.69, 9.17) is 5.73 Å². The van der Waals surface area contributed by atoms with E-state index < -0.39 is 8.32 Å². The van der Waals surface area contributed by atoms with Gasteiger partial charge in [0.1, 0.15) is 0 Å². The maximum atomic E-state index is 10.2. The van der Waals surface area contributed by atoms with Gasteiger partial charge in [-0.1, -0.05) is 12.1 Å². The van der Waals surface area contributed by atoms with Gasteiger partial charge in [-0.2, -0.15) is 0 Å². The van der Waals surface area contributed by atoms with Crippen molar-refractivity contribution in [1.82, 2.24) is 0 Å². The van der Waals surface area contributed by atoms with E-state index in [1.165, 1.54) is 15.6 Å². The van der Waals surface area contributed by atoms with Gasteiger partial charge >= 0.3 is 0 Å². The minimum absolute atomic E-state index is 0.685. The largest absolute Gasteiger partial charge is 0.428 e. The molecule has 1 aromatic heterocycles. The summed E-state index contributed by atoms with van der Waals surface area (Å²) >= 11 is 1.71. The molecule has 0 radical (unpaired) electrons. The standard InChI is InChI=1S/C12H17NOSSi/c1-16(2,14)12-8-15-11-7-9(5-6-13)3-4-10(11)12/h3-4,7-8,14H,5-6,13H2,1-2H3. The average molecular weight is 251 g/mol. The molecular formula is C12H17NOSSi. The summed E-state index contributed by atoms with van der Waals surface area (Å²) in [6, 6.07) is 6.43. The molecule has 16 heavy (non-hydrogen) atoms. The van der Waals surface area contributed by atoms with Gasteiger partial charge in [0.15, 0.2) is 0 Å². The SMILES string of the molecule is C[Si](C)(O)c1csc2cc(CCN)ccc12. The zero-order chi connectivity index (χ0) is 11.8. The lowest BCUT2D eigenvalue weighted by atomic mass is 10.1. The van der Waals surface area contributed by atoms with Crippen LogP contribution in [0.15, 0.2) is 23.6 Å². The van der Waals surface area contributed by atoms with Gasteiger partial charge in [0.05, 0.1) is 0 Å². The van der Waals surface area contributed by atoms with Crippen LogP contribution in [-0.2, 0) is 6.42 Å². The number of thiophene rings is 1. The molecule has 0 bridgehead atoms. The maximum Gasteiger partial charge on any atom is 0.215 e. The normalized spacial score (nSPS) is 12.2. The fourth-order valence-electron chi connectivity index (χ4n) is 1.87. The number of benzene rings is 1. The summed E-state index contributed by atoms with van der Waals surface area (Å²) in [6.45, 7) is 4.61. The summed E-state index contributed by atoms with van der Waals surface area (Å²) in [4.78, 5) is 10.2. The molecular weight excluding hydrogens is 234 g/mol. The third-order valence-corrected chi connectivity index (χ3v) is 5.62. The van der Waals surface area contributed by atoms with Crippen LogP contribution in [-0.4, -0.2) is 19.7 Å². The number of hydrogen-bond acceptors (Lipinski definition) is 3. The van der Waals surface area contributed by atoms with Gasteiger partial charge in [-0.25, -0.2) is 0 Å². The lowest BCUT2D eigenvalue weighted by Gasteiger charge is -2.12. The first-order valence-electron chi connectivity index (χ1n) is 5.45. The summed E-state index contributed by atoms with van der Waals surface area (Å²) in [5.74, 6) is 0. The minimum atomic E-state index is -2.20. The van der Waals surface area contributed by atoms with E-state index in [0.29, 0.717) is 6.54 Å². The maximum absolute atomic E-state index is 10.2. The van der Waals surface area contributed by atoms with E-state index in [-0.39, 0.29) is 0 Å². The quantitative estimate of drug-likeness (QED) is 0.817.